The summed E-state index contributed by atoms with van der Waals surface area (Å²) in [7, 11) is 0. The summed E-state index contributed by atoms with van der Waals surface area (Å²) < 4.78 is 7.22. The Morgan fingerprint density at radius 1 is 0.590 bits per heavy atom. The first-order valence-electron chi connectivity index (χ1n) is 14.4. The number of hydrogen-bond donors (Lipinski definition) is 0. The predicted octanol–water partition coefficient (Wildman–Crippen LogP) is 9.90. The molecule has 4 aromatic carbocycles. The van der Waals surface area contributed by atoms with Crippen molar-refractivity contribution >= 4 is 43.6 Å². The summed E-state index contributed by atoms with van der Waals surface area (Å²) in [5, 5.41) is 5.18. The summed E-state index contributed by atoms with van der Waals surface area (Å²) in [6.07, 6.45) is 9.44. The van der Waals surface area contributed by atoms with Gasteiger partial charge in [0.15, 0.2) is 0 Å². The minimum Gasteiger partial charge on any atom is -0.340 e. The van der Waals surface area contributed by atoms with E-state index in [4.69, 9.17) is 0 Å². The van der Waals surface area contributed by atoms with Crippen LogP contribution in [-0.2, 0) is 6.54 Å². The lowest BCUT2D eigenvalue weighted by Gasteiger charge is -2.17. The first-order valence-corrected chi connectivity index (χ1v) is 14.4. The van der Waals surface area contributed by atoms with E-state index in [2.05, 4.69) is 137 Å². The molecule has 1 unspecified atom stereocenters. The molecule has 39 heavy (non-hydrogen) atoms. The highest BCUT2D eigenvalue weighted by atomic mass is 15.0. The number of nitrogens with zero attached hydrogens (tertiary/aromatic N) is 3. The molecule has 3 nitrogen and oxygen atoms in total. The second-order valence-corrected chi connectivity index (χ2v) is 10.9. The third kappa shape index (κ3) is 4.04. The lowest BCUT2D eigenvalue weighted by atomic mass is 9.99. The molecule has 0 aliphatic heterocycles. The van der Waals surface area contributed by atoms with Crippen LogP contribution in [0.1, 0.15) is 39.5 Å². The molecule has 0 saturated carbocycles. The molecule has 3 heteroatoms. The minimum atomic E-state index is 0.685. The van der Waals surface area contributed by atoms with Crippen molar-refractivity contribution in [2.75, 3.05) is 0 Å². The molecule has 3 aromatic heterocycles. The number of unbranched alkanes of at least 4 members (excludes halogenated alkanes) is 1. The quantitative estimate of drug-likeness (QED) is 0.194. The molecule has 0 N–H and O–H groups in total. The van der Waals surface area contributed by atoms with Crippen LogP contribution < -0.4 is 0 Å². The zero-order valence-electron chi connectivity index (χ0n) is 22.8. The maximum absolute atomic E-state index is 2.59. The topological polar surface area (TPSA) is 14.8 Å². The average Bonchev–Trinajstić information content (AvgIpc) is 3.69. The van der Waals surface area contributed by atoms with E-state index in [1.54, 1.807) is 0 Å². The maximum Gasteiger partial charge on any atom is 0.0528 e. The van der Waals surface area contributed by atoms with Crippen molar-refractivity contribution in [1.82, 2.24) is 13.7 Å². The monoisotopic (exact) mass is 509 g/mol. The van der Waals surface area contributed by atoms with Gasteiger partial charge in [0.1, 0.15) is 0 Å². The molecule has 194 valence electrons. The molecule has 0 saturated heterocycles. The van der Waals surface area contributed by atoms with Gasteiger partial charge in [-0.25, -0.2) is 0 Å². The average molecular weight is 510 g/mol. The standard InChI is InChI=1S/C36H35N3/c1-3-5-10-26(4-2)25-39-35-17-15-29(37-21-19-27-11-6-8-13-33(27)37)23-31(35)32-24-30(16-18-36(32)39)38-22-20-28-12-7-9-14-34(28)38/h6-9,11-24,26H,3-5,10,25H2,1-2H3. The lowest BCUT2D eigenvalue weighted by molar-refractivity contribution is 0.401. The van der Waals surface area contributed by atoms with E-state index in [1.165, 1.54) is 80.7 Å². The van der Waals surface area contributed by atoms with Crippen molar-refractivity contribution in [2.45, 2.75) is 46.1 Å². The highest BCUT2D eigenvalue weighted by Gasteiger charge is 2.17. The zero-order chi connectivity index (χ0) is 26.3. The van der Waals surface area contributed by atoms with Gasteiger partial charge in [0.05, 0.1) is 11.0 Å². The summed E-state index contributed by atoms with van der Waals surface area (Å²) in [4.78, 5) is 0. The molecule has 0 amide bonds. The SMILES string of the molecule is CCCCC(CC)Cn1c2ccc(-n3ccc4ccccc43)cc2c2cc(-n3ccc4ccccc43)ccc21. The molecule has 0 bridgehead atoms. The minimum absolute atomic E-state index is 0.685. The summed E-state index contributed by atoms with van der Waals surface area (Å²) in [5.41, 5.74) is 7.55. The number of fused-ring (bicyclic) bond motifs is 5. The van der Waals surface area contributed by atoms with E-state index in [1.807, 2.05) is 0 Å². The molecule has 0 aliphatic rings. The van der Waals surface area contributed by atoms with E-state index >= 15 is 0 Å². The second-order valence-electron chi connectivity index (χ2n) is 10.9. The van der Waals surface area contributed by atoms with Gasteiger partial charge in [-0.3, -0.25) is 0 Å². The maximum atomic E-state index is 2.59. The summed E-state index contributed by atoms with van der Waals surface area (Å²) >= 11 is 0. The van der Waals surface area contributed by atoms with E-state index in [0.717, 1.165) is 6.54 Å². The first-order chi connectivity index (χ1) is 19.2. The fourth-order valence-electron chi connectivity index (χ4n) is 6.37. The molecule has 0 fully saturated rings. The van der Waals surface area contributed by atoms with Crippen molar-refractivity contribution in [3.8, 4) is 11.4 Å². The van der Waals surface area contributed by atoms with Crippen LogP contribution in [0.4, 0.5) is 0 Å². The van der Waals surface area contributed by atoms with Crippen molar-refractivity contribution in [1.29, 1.82) is 0 Å². The number of aromatic nitrogens is 3. The first kappa shape index (κ1) is 23.8. The molecular weight excluding hydrogens is 474 g/mol. The molecule has 7 aromatic rings. The normalized spacial score (nSPS) is 12.8. The molecule has 7 rings (SSSR count). The molecule has 1 atom stereocenters. The van der Waals surface area contributed by atoms with Gasteiger partial charge in [-0.2, -0.15) is 0 Å². The molecule has 0 spiro atoms. The van der Waals surface area contributed by atoms with Gasteiger partial charge in [0, 0.05) is 52.1 Å². The number of rotatable bonds is 8. The molecule has 3 heterocycles. The number of hydrogen-bond acceptors (Lipinski definition) is 0. The summed E-state index contributed by atoms with van der Waals surface area (Å²) in [6, 6.07) is 35.7. The van der Waals surface area contributed by atoms with Crippen LogP contribution in [0, 0.1) is 5.92 Å². The highest BCUT2D eigenvalue weighted by molar-refractivity contribution is 6.09. The van der Waals surface area contributed by atoms with Gasteiger partial charge in [-0.15, -0.1) is 0 Å². The third-order valence-corrected chi connectivity index (χ3v) is 8.57. The molecular formula is C36H35N3. The fourth-order valence-corrected chi connectivity index (χ4v) is 6.37. The van der Waals surface area contributed by atoms with E-state index in [0.29, 0.717) is 5.92 Å². The molecule has 0 radical (unpaired) electrons. The van der Waals surface area contributed by atoms with Crippen molar-refractivity contribution in [3.63, 3.8) is 0 Å². The van der Waals surface area contributed by atoms with Gasteiger partial charge in [0.2, 0.25) is 0 Å². The smallest absolute Gasteiger partial charge is 0.0528 e. The van der Waals surface area contributed by atoms with Gasteiger partial charge in [0.25, 0.3) is 0 Å². The van der Waals surface area contributed by atoms with Crippen LogP contribution in [0.2, 0.25) is 0 Å². The Kier molecular flexibility index (Phi) is 6.00. The summed E-state index contributed by atoms with van der Waals surface area (Å²) in [5.74, 6) is 0.685. The molecule has 0 aliphatic carbocycles. The van der Waals surface area contributed by atoms with Gasteiger partial charge >= 0.3 is 0 Å². The Balaban J connectivity index is 1.44. The fraction of sp³-hybridized carbons (Fsp3) is 0.222. The highest BCUT2D eigenvalue weighted by Crippen LogP contribution is 2.35. The Morgan fingerprint density at radius 3 is 1.64 bits per heavy atom. The van der Waals surface area contributed by atoms with Gasteiger partial charge < -0.3 is 13.7 Å². The van der Waals surface area contributed by atoms with Crippen LogP contribution >= 0.6 is 0 Å². The van der Waals surface area contributed by atoms with E-state index in [-0.39, 0.29) is 0 Å². The number of benzene rings is 4. The van der Waals surface area contributed by atoms with Crippen LogP contribution in [0.5, 0.6) is 0 Å². The Labute approximate surface area is 229 Å². The van der Waals surface area contributed by atoms with Crippen LogP contribution in [0.25, 0.3) is 55.0 Å². The zero-order valence-corrected chi connectivity index (χ0v) is 22.8. The predicted molar refractivity (Wildman–Crippen MR) is 166 cm³/mol. The Hall–Kier alpha value is -4.24. The van der Waals surface area contributed by atoms with Crippen molar-refractivity contribution in [2.24, 2.45) is 5.92 Å². The second kappa shape index (κ2) is 9.81. The Bertz CT molecular complexity index is 1800. The third-order valence-electron chi connectivity index (χ3n) is 8.57. The van der Waals surface area contributed by atoms with Crippen molar-refractivity contribution in [3.05, 3.63) is 109 Å². The van der Waals surface area contributed by atoms with Crippen LogP contribution in [0.3, 0.4) is 0 Å². The van der Waals surface area contributed by atoms with Crippen LogP contribution in [0.15, 0.2) is 109 Å². The lowest BCUT2D eigenvalue weighted by Crippen LogP contribution is -2.10. The largest absolute Gasteiger partial charge is 0.340 e. The number of para-hydroxylation sites is 2. The van der Waals surface area contributed by atoms with Crippen LogP contribution in [-0.4, -0.2) is 13.7 Å². The van der Waals surface area contributed by atoms with E-state index in [9.17, 15) is 0 Å². The van der Waals surface area contributed by atoms with E-state index < -0.39 is 0 Å². The van der Waals surface area contributed by atoms with Gasteiger partial charge in [-0.05, 0) is 83.8 Å². The summed E-state index contributed by atoms with van der Waals surface area (Å²) in [6.45, 7) is 5.71. The Morgan fingerprint density at radius 2 is 1.13 bits per heavy atom. The van der Waals surface area contributed by atoms with Gasteiger partial charge in [-0.1, -0.05) is 69.5 Å². The van der Waals surface area contributed by atoms with Crippen molar-refractivity contribution < 1.29 is 0 Å².